The summed E-state index contributed by atoms with van der Waals surface area (Å²) in [6.45, 7) is 1.97. The van der Waals surface area contributed by atoms with Crippen LogP contribution in [0.1, 0.15) is 24.4 Å². The van der Waals surface area contributed by atoms with Gasteiger partial charge >= 0.3 is 0 Å². The Balaban J connectivity index is 2.15. The second-order valence-corrected chi connectivity index (χ2v) is 4.36. The largest absolute Gasteiger partial charge is 0.508 e. The molecule has 1 aromatic rings. The minimum Gasteiger partial charge on any atom is -0.508 e. The first-order valence-corrected chi connectivity index (χ1v) is 5.66. The van der Waals surface area contributed by atoms with Crippen LogP contribution in [0, 0.1) is 5.92 Å². The van der Waals surface area contributed by atoms with E-state index in [9.17, 15) is 10.2 Å². The number of nitrogens with one attached hydrogen (secondary N) is 1. The predicted molar refractivity (Wildman–Crippen MR) is 62.3 cm³/mol. The van der Waals surface area contributed by atoms with Crippen LogP contribution in [0.3, 0.4) is 0 Å². The highest BCUT2D eigenvalue weighted by Crippen LogP contribution is 2.33. The molecule has 1 aromatic carbocycles. The van der Waals surface area contributed by atoms with Gasteiger partial charge in [-0.3, -0.25) is 0 Å². The van der Waals surface area contributed by atoms with Crippen LogP contribution in [-0.2, 0) is 0 Å². The molecule has 0 bridgehead atoms. The number of phenolic OH excluding ortho intramolecular Hbond substituents is 2. The van der Waals surface area contributed by atoms with Crippen LogP contribution in [0.5, 0.6) is 11.5 Å². The normalized spacial score (nSPS) is 19.6. The zero-order valence-corrected chi connectivity index (χ0v) is 9.19. The van der Waals surface area contributed by atoms with Gasteiger partial charge in [0.15, 0.2) is 0 Å². The van der Waals surface area contributed by atoms with Crippen LogP contribution < -0.4 is 11.1 Å². The summed E-state index contributed by atoms with van der Waals surface area (Å²) in [5.74, 6) is 0.557. The maximum absolute atomic E-state index is 9.74. The van der Waals surface area contributed by atoms with Crippen molar-refractivity contribution in [2.45, 2.75) is 18.9 Å². The first-order valence-electron chi connectivity index (χ1n) is 5.66. The number of aromatic hydroxyl groups is 2. The molecule has 2 rings (SSSR count). The van der Waals surface area contributed by atoms with E-state index < -0.39 is 0 Å². The van der Waals surface area contributed by atoms with E-state index in [0.29, 0.717) is 5.92 Å². The minimum atomic E-state index is -0.150. The number of benzene rings is 1. The molecule has 4 nitrogen and oxygen atoms in total. The molecule has 4 heteroatoms. The van der Waals surface area contributed by atoms with Crippen LogP contribution in [0.2, 0.25) is 0 Å². The van der Waals surface area contributed by atoms with Crippen molar-refractivity contribution in [3.8, 4) is 11.5 Å². The molecule has 0 unspecified atom stereocenters. The maximum atomic E-state index is 9.74. The van der Waals surface area contributed by atoms with E-state index in [1.807, 2.05) is 0 Å². The van der Waals surface area contributed by atoms with Gasteiger partial charge in [0.05, 0.1) is 0 Å². The zero-order valence-electron chi connectivity index (χ0n) is 9.19. The molecule has 0 aliphatic carbocycles. The van der Waals surface area contributed by atoms with Crippen molar-refractivity contribution in [1.82, 2.24) is 5.32 Å². The topological polar surface area (TPSA) is 78.5 Å². The van der Waals surface area contributed by atoms with E-state index in [2.05, 4.69) is 5.32 Å². The van der Waals surface area contributed by atoms with Gasteiger partial charge in [0, 0.05) is 17.7 Å². The van der Waals surface area contributed by atoms with Gasteiger partial charge in [-0.05, 0) is 37.9 Å². The van der Waals surface area contributed by atoms with Crippen LogP contribution in [0.25, 0.3) is 0 Å². The number of hydrogen-bond donors (Lipinski definition) is 4. The van der Waals surface area contributed by atoms with Gasteiger partial charge < -0.3 is 21.3 Å². The van der Waals surface area contributed by atoms with Gasteiger partial charge in [-0.25, -0.2) is 0 Å². The molecule has 16 heavy (non-hydrogen) atoms. The van der Waals surface area contributed by atoms with Crippen molar-refractivity contribution in [2.75, 3.05) is 13.1 Å². The smallest absolute Gasteiger partial charge is 0.124 e. The van der Waals surface area contributed by atoms with Crippen LogP contribution in [-0.4, -0.2) is 23.3 Å². The average molecular weight is 222 g/mol. The predicted octanol–water partition coefficient (Wildman–Crippen LogP) is 1.10. The Morgan fingerprint density at radius 1 is 1.25 bits per heavy atom. The molecule has 1 atom stereocenters. The van der Waals surface area contributed by atoms with Gasteiger partial charge in [0.2, 0.25) is 0 Å². The van der Waals surface area contributed by atoms with Crippen molar-refractivity contribution in [1.29, 1.82) is 0 Å². The summed E-state index contributed by atoms with van der Waals surface area (Å²) in [6, 6.07) is 4.46. The number of rotatable bonds is 2. The summed E-state index contributed by atoms with van der Waals surface area (Å²) >= 11 is 0. The van der Waals surface area contributed by atoms with Crippen molar-refractivity contribution in [3.63, 3.8) is 0 Å². The lowest BCUT2D eigenvalue weighted by Gasteiger charge is -2.28. The molecule has 0 aromatic heterocycles. The van der Waals surface area contributed by atoms with E-state index in [1.54, 1.807) is 12.1 Å². The summed E-state index contributed by atoms with van der Waals surface area (Å²) < 4.78 is 0. The monoisotopic (exact) mass is 222 g/mol. The van der Waals surface area contributed by atoms with E-state index in [0.717, 1.165) is 31.5 Å². The SMILES string of the molecule is N[C@@H](c1ccc(O)cc1O)C1CCNCC1. The lowest BCUT2D eigenvalue weighted by atomic mass is 9.86. The number of piperidine rings is 1. The Bertz CT molecular complexity index is 362. The summed E-state index contributed by atoms with van der Waals surface area (Å²) in [5.41, 5.74) is 6.88. The van der Waals surface area contributed by atoms with E-state index in [4.69, 9.17) is 5.73 Å². The molecule has 1 aliphatic heterocycles. The fourth-order valence-electron chi connectivity index (χ4n) is 2.27. The third-order valence-electron chi connectivity index (χ3n) is 3.26. The fraction of sp³-hybridized carbons (Fsp3) is 0.500. The first kappa shape index (κ1) is 11.2. The first-order chi connectivity index (χ1) is 7.68. The summed E-state index contributed by atoms with van der Waals surface area (Å²) in [7, 11) is 0. The third kappa shape index (κ3) is 2.28. The molecular formula is C12H18N2O2. The quantitative estimate of drug-likeness (QED) is 0.604. The lowest BCUT2D eigenvalue weighted by molar-refractivity contribution is 0.315. The van der Waals surface area contributed by atoms with Crippen molar-refractivity contribution >= 4 is 0 Å². The van der Waals surface area contributed by atoms with E-state index in [1.165, 1.54) is 6.07 Å². The number of phenols is 2. The highest BCUT2D eigenvalue weighted by Gasteiger charge is 2.23. The Hall–Kier alpha value is -1.26. The summed E-state index contributed by atoms with van der Waals surface area (Å²) in [4.78, 5) is 0. The Morgan fingerprint density at radius 2 is 1.94 bits per heavy atom. The molecule has 5 N–H and O–H groups in total. The Kier molecular flexibility index (Phi) is 3.31. The van der Waals surface area contributed by atoms with Crippen molar-refractivity contribution < 1.29 is 10.2 Å². The van der Waals surface area contributed by atoms with Crippen LogP contribution in [0.4, 0.5) is 0 Å². The second-order valence-electron chi connectivity index (χ2n) is 4.36. The molecule has 0 amide bonds. The van der Waals surface area contributed by atoms with Crippen molar-refractivity contribution in [2.24, 2.45) is 11.7 Å². The molecule has 1 saturated heterocycles. The van der Waals surface area contributed by atoms with E-state index >= 15 is 0 Å². The van der Waals surface area contributed by atoms with Gasteiger partial charge in [-0.15, -0.1) is 0 Å². The molecule has 1 fully saturated rings. The molecule has 1 heterocycles. The standard InChI is InChI=1S/C12H18N2O2/c13-12(8-3-5-14-6-4-8)10-2-1-9(15)7-11(10)16/h1-2,7-8,12,14-16H,3-6,13H2/t12-/m1/s1. The van der Waals surface area contributed by atoms with Gasteiger partial charge in [-0.2, -0.15) is 0 Å². The van der Waals surface area contributed by atoms with Crippen molar-refractivity contribution in [3.05, 3.63) is 23.8 Å². The number of nitrogens with two attached hydrogens (primary N) is 1. The van der Waals surface area contributed by atoms with Crippen LogP contribution >= 0.6 is 0 Å². The summed E-state index contributed by atoms with van der Waals surface area (Å²) in [6.07, 6.45) is 2.06. The lowest BCUT2D eigenvalue weighted by Crippen LogP contribution is -2.33. The fourth-order valence-corrected chi connectivity index (χ4v) is 2.27. The summed E-state index contributed by atoms with van der Waals surface area (Å²) in [5, 5.41) is 22.2. The Labute approximate surface area is 95.1 Å². The molecule has 0 saturated carbocycles. The zero-order chi connectivity index (χ0) is 11.5. The second kappa shape index (κ2) is 4.72. The Morgan fingerprint density at radius 3 is 2.56 bits per heavy atom. The molecule has 0 spiro atoms. The molecule has 0 radical (unpaired) electrons. The van der Waals surface area contributed by atoms with Gasteiger partial charge in [-0.1, -0.05) is 6.07 Å². The minimum absolute atomic E-state index is 0.0683. The molecule has 1 aliphatic rings. The highest BCUT2D eigenvalue weighted by molar-refractivity contribution is 5.40. The number of hydrogen-bond acceptors (Lipinski definition) is 4. The van der Waals surface area contributed by atoms with E-state index in [-0.39, 0.29) is 17.5 Å². The highest BCUT2D eigenvalue weighted by atomic mass is 16.3. The molecule has 88 valence electrons. The maximum Gasteiger partial charge on any atom is 0.124 e. The van der Waals surface area contributed by atoms with Crippen LogP contribution in [0.15, 0.2) is 18.2 Å². The average Bonchev–Trinajstić information content (AvgIpc) is 2.29. The van der Waals surface area contributed by atoms with Gasteiger partial charge in [0.25, 0.3) is 0 Å². The van der Waals surface area contributed by atoms with Gasteiger partial charge in [0.1, 0.15) is 11.5 Å². The third-order valence-corrected chi connectivity index (χ3v) is 3.26. The molecular weight excluding hydrogens is 204 g/mol.